The maximum atomic E-state index is 9.44. The highest BCUT2D eigenvalue weighted by Gasteiger charge is 2.27. The van der Waals surface area contributed by atoms with Crippen molar-refractivity contribution in [2.24, 2.45) is 5.73 Å². The Hall–Kier alpha value is -0.233. The highest BCUT2D eigenvalue weighted by Crippen LogP contribution is 2.12. The molecule has 0 aromatic carbocycles. The smallest absolute Gasteiger partial charge is 0.334 e. The van der Waals surface area contributed by atoms with Crippen LogP contribution in [0.1, 0.15) is 20.3 Å². The molecule has 0 aliphatic rings. The van der Waals surface area contributed by atoms with E-state index < -0.39 is 8.56 Å². The van der Waals surface area contributed by atoms with Crippen molar-refractivity contribution in [3.8, 4) is 0 Å². The van der Waals surface area contributed by atoms with Gasteiger partial charge in [-0.1, -0.05) is 0 Å². The van der Waals surface area contributed by atoms with E-state index in [9.17, 15) is 4.79 Å². The average Bonchev–Trinajstić information content (AvgIpc) is 2.13. The standard InChI is InChI=1S/C6H17NO2Si.C3H6O/c1-8-10(3,9-2)6-4-5-7;1-3(2)4/h4-7H2,1-3H3;1-2H3. The maximum Gasteiger partial charge on any atom is 0.334 e. The Morgan fingerprint density at radius 3 is 1.86 bits per heavy atom. The highest BCUT2D eigenvalue weighted by molar-refractivity contribution is 6.65. The molecule has 4 nitrogen and oxygen atoms in total. The Morgan fingerprint density at radius 2 is 1.64 bits per heavy atom. The van der Waals surface area contributed by atoms with Gasteiger partial charge in [0.1, 0.15) is 5.78 Å². The topological polar surface area (TPSA) is 61.5 Å². The maximum absolute atomic E-state index is 9.44. The van der Waals surface area contributed by atoms with Crippen molar-refractivity contribution in [3.05, 3.63) is 0 Å². The summed E-state index contributed by atoms with van der Waals surface area (Å²) < 4.78 is 10.5. The molecule has 0 atom stereocenters. The number of rotatable bonds is 5. The summed E-state index contributed by atoms with van der Waals surface area (Å²) in [7, 11) is 1.60. The summed E-state index contributed by atoms with van der Waals surface area (Å²) >= 11 is 0. The highest BCUT2D eigenvalue weighted by atomic mass is 28.4. The molecule has 0 spiro atoms. The van der Waals surface area contributed by atoms with E-state index in [2.05, 4.69) is 0 Å². The fourth-order valence-electron chi connectivity index (χ4n) is 0.711. The van der Waals surface area contributed by atoms with Crippen molar-refractivity contribution >= 4 is 14.3 Å². The molecular weight excluding hydrogens is 198 g/mol. The predicted octanol–water partition coefficient (Wildman–Crippen LogP) is 1.30. The van der Waals surface area contributed by atoms with Crippen LogP contribution in [-0.2, 0) is 13.6 Å². The van der Waals surface area contributed by atoms with Crippen LogP contribution in [-0.4, -0.2) is 35.1 Å². The first-order chi connectivity index (χ1) is 6.41. The van der Waals surface area contributed by atoms with Crippen molar-refractivity contribution in [2.45, 2.75) is 32.9 Å². The normalized spacial score (nSPS) is 10.4. The Kier molecular flexibility index (Phi) is 10.8. The Balaban J connectivity index is 0. The zero-order valence-electron chi connectivity index (χ0n) is 9.92. The van der Waals surface area contributed by atoms with Crippen LogP contribution in [0.2, 0.25) is 12.6 Å². The SMILES string of the molecule is CC(C)=O.CO[Si](C)(CCCN)OC. The van der Waals surface area contributed by atoms with Gasteiger partial charge >= 0.3 is 8.56 Å². The molecule has 14 heavy (non-hydrogen) atoms. The van der Waals surface area contributed by atoms with Crippen molar-refractivity contribution in [3.63, 3.8) is 0 Å². The number of hydrogen-bond acceptors (Lipinski definition) is 4. The van der Waals surface area contributed by atoms with Gasteiger partial charge in [-0.15, -0.1) is 0 Å². The molecule has 86 valence electrons. The number of carbonyl (C=O) groups excluding carboxylic acids is 1. The lowest BCUT2D eigenvalue weighted by molar-refractivity contribution is -0.114. The number of ketones is 1. The fourth-order valence-corrected chi connectivity index (χ4v) is 2.13. The van der Waals surface area contributed by atoms with Crippen molar-refractivity contribution in [2.75, 3.05) is 20.8 Å². The molecule has 0 aliphatic heterocycles. The predicted molar refractivity (Wildman–Crippen MR) is 60.5 cm³/mol. The lowest BCUT2D eigenvalue weighted by atomic mass is 10.5. The molecule has 0 radical (unpaired) electrons. The molecule has 0 rings (SSSR count). The Bertz CT molecular complexity index is 145. The van der Waals surface area contributed by atoms with Crippen LogP contribution in [0.15, 0.2) is 0 Å². The molecule has 5 heteroatoms. The molecule has 0 bridgehead atoms. The molecule has 0 heterocycles. The van der Waals surface area contributed by atoms with Crippen molar-refractivity contribution in [1.82, 2.24) is 0 Å². The van der Waals surface area contributed by atoms with Gasteiger partial charge in [-0.25, -0.2) is 0 Å². The van der Waals surface area contributed by atoms with Crippen LogP contribution in [0.3, 0.4) is 0 Å². The second kappa shape index (κ2) is 9.33. The summed E-state index contributed by atoms with van der Waals surface area (Å²) in [6.45, 7) is 5.82. The molecule has 0 aromatic rings. The third-order valence-electron chi connectivity index (χ3n) is 1.70. The summed E-state index contributed by atoms with van der Waals surface area (Å²) in [6, 6.07) is 0.983. The van der Waals surface area contributed by atoms with Crippen LogP contribution >= 0.6 is 0 Å². The number of Topliss-reactive ketones (excluding diaryl/α,β-unsaturated/α-hetero) is 1. The van der Waals surface area contributed by atoms with Crippen LogP contribution in [0.25, 0.3) is 0 Å². The zero-order valence-corrected chi connectivity index (χ0v) is 10.9. The van der Waals surface area contributed by atoms with Gasteiger partial charge in [-0.2, -0.15) is 0 Å². The summed E-state index contributed by atoms with van der Waals surface area (Å²) in [6.07, 6.45) is 0.990. The van der Waals surface area contributed by atoms with E-state index in [0.717, 1.165) is 19.0 Å². The van der Waals surface area contributed by atoms with E-state index in [-0.39, 0.29) is 5.78 Å². The Labute approximate surface area is 88.0 Å². The minimum Gasteiger partial charge on any atom is -0.398 e. The Morgan fingerprint density at radius 1 is 1.29 bits per heavy atom. The van der Waals surface area contributed by atoms with E-state index in [1.807, 2.05) is 6.55 Å². The van der Waals surface area contributed by atoms with E-state index in [4.69, 9.17) is 14.6 Å². The van der Waals surface area contributed by atoms with E-state index in [0.29, 0.717) is 0 Å². The van der Waals surface area contributed by atoms with Gasteiger partial charge in [0, 0.05) is 14.2 Å². The van der Waals surface area contributed by atoms with Crippen molar-refractivity contribution in [1.29, 1.82) is 0 Å². The van der Waals surface area contributed by atoms with Gasteiger partial charge in [0.15, 0.2) is 0 Å². The van der Waals surface area contributed by atoms with E-state index in [1.165, 1.54) is 13.8 Å². The molecule has 0 saturated heterocycles. The first-order valence-electron chi connectivity index (χ1n) is 4.69. The van der Waals surface area contributed by atoms with Crippen LogP contribution in [0.5, 0.6) is 0 Å². The van der Waals surface area contributed by atoms with Crippen molar-refractivity contribution < 1.29 is 13.6 Å². The average molecular weight is 221 g/mol. The van der Waals surface area contributed by atoms with E-state index in [1.54, 1.807) is 14.2 Å². The number of hydrogen-bond donors (Lipinski definition) is 1. The summed E-state index contributed by atoms with van der Waals surface area (Å²) in [5.41, 5.74) is 5.36. The second-order valence-electron chi connectivity index (χ2n) is 3.34. The molecule has 2 N–H and O–H groups in total. The molecule has 0 aromatic heterocycles. The fraction of sp³-hybridized carbons (Fsp3) is 0.889. The van der Waals surface area contributed by atoms with Gasteiger partial charge < -0.3 is 19.4 Å². The van der Waals surface area contributed by atoms with Gasteiger partial charge in [-0.3, -0.25) is 0 Å². The van der Waals surface area contributed by atoms with Gasteiger partial charge in [0.25, 0.3) is 0 Å². The largest absolute Gasteiger partial charge is 0.398 e. The van der Waals surface area contributed by atoms with Crippen LogP contribution in [0, 0.1) is 0 Å². The molecule has 0 unspecified atom stereocenters. The van der Waals surface area contributed by atoms with Gasteiger partial charge in [-0.05, 0) is 39.4 Å². The quantitative estimate of drug-likeness (QED) is 0.711. The summed E-state index contributed by atoms with van der Waals surface area (Å²) in [5.74, 6) is 0.167. The number of carbonyl (C=O) groups is 1. The van der Waals surface area contributed by atoms with Crippen LogP contribution in [0.4, 0.5) is 0 Å². The first-order valence-corrected chi connectivity index (χ1v) is 7.21. The van der Waals surface area contributed by atoms with Gasteiger partial charge in [0.2, 0.25) is 0 Å². The minimum absolute atomic E-state index is 0.167. The third kappa shape index (κ3) is 11.8. The lowest BCUT2D eigenvalue weighted by Crippen LogP contribution is -2.36. The molecule has 0 saturated carbocycles. The molecule has 0 amide bonds. The van der Waals surface area contributed by atoms with Gasteiger partial charge in [0.05, 0.1) is 0 Å². The van der Waals surface area contributed by atoms with Crippen LogP contribution < -0.4 is 5.73 Å². The summed E-state index contributed by atoms with van der Waals surface area (Å²) in [5, 5.41) is 0. The molecule has 0 aliphatic carbocycles. The number of nitrogens with two attached hydrogens (primary N) is 1. The lowest BCUT2D eigenvalue weighted by Gasteiger charge is -2.21. The van der Waals surface area contributed by atoms with E-state index >= 15 is 0 Å². The molecular formula is C9H23NO3Si. The minimum atomic E-state index is -1.80. The first kappa shape index (κ1) is 16.2. The summed E-state index contributed by atoms with van der Waals surface area (Å²) in [4.78, 5) is 9.44. The molecule has 0 fully saturated rings. The third-order valence-corrected chi connectivity index (χ3v) is 4.69. The monoisotopic (exact) mass is 221 g/mol. The second-order valence-corrected chi connectivity index (χ2v) is 6.93. The zero-order chi connectivity index (χ0) is 11.6.